The number of benzene rings is 2. The lowest BCUT2D eigenvalue weighted by molar-refractivity contribution is -0.141. The number of thiazole rings is 1. The van der Waals surface area contributed by atoms with E-state index in [1.807, 2.05) is 56.3 Å². The molecule has 7 nitrogen and oxygen atoms in total. The summed E-state index contributed by atoms with van der Waals surface area (Å²) in [6, 6.07) is 13.3. The molecule has 0 bridgehead atoms. The Hall–Kier alpha value is -3.17. The van der Waals surface area contributed by atoms with Crippen LogP contribution in [0.25, 0.3) is 11.1 Å². The van der Waals surface area contributed by atoms with E-state index >= 15 is 0 Å². The average Bonchev–Trinajstić information content (AvgIpc) is 3.40. The summed E-state index contributed by atoms with van der Waals surface area (Å²) < 4.78 is 10.9. The summed E-state index contributed by atoms with van der Waals surface area (Å²) in [6.45, 7) is 5.56. The van der Waals surface area contributed by atoms with E-state index in [0.29, 0.717) is 21.6 Å². The highest BCUT2D eigenvalue weighted by molar-refractivity contribution is 7.99. The normalized spacial score (nSPS) is 11.0. The number of carbonyl (C=O) groups excluding carboxylic acids is 2. The average molecular weight is 468 g/mol. The first-order chi connectivity index (χ1) is 15.4. The maximum Gasteiger partial charge on any atom is 0.316 e. The maximum atomic E-state index is 12.3. The molecule has 0 aliphatic heterocycles. The molecule has 4 rings (SSSR count). The fourth-order valence-electron chi connectivity index (χ4n) is 2.99. The van der Waals surface area contributed by atoms with Gasteiger partial charge in [-0.15, -0.1) is 11.3 Å². The lowest BCUT2D eigenvalue weighted by atomic mass is 10.1. The van der Waals surface area contributed by atoms with Gasteiger partial charge in [0.2, 0.25) is 5.91 Å². The molecule has 164 valence electrons. The number of ether oxygens (including phenoxy) is 1. The Morgan fingerprint density at radius 1 is 1.12 bits per heavy atom. The van der Waals surface area contributed by atoms with Gasteiger partial charge in [-0.05, 0) is 49.2 Å². The smallest absolute Gasteiger partial charge is 0.316 e. The molecule has 0 fully saturated rings. The minimum absolute atomic E-state index is 0.0299. The van der Waals surface area contributed by atoms with Crippen molar-refractivity contribution in [1.82, 2.24) is 9.97 Å². The molecule has 0 aliphatic rings. The van der Waals surface area contributed by atoms with Crippen LogP contribution in [-0.4, -0.2) is 27.6 Å². The number of aromatic nitrogens is 2. The third-order valence-electron chi connectivity index (χ3n) is 4.76. The lowest BCUT2D eigenvalue weighted by Gasteiger charge is -2.19. The van der Waals surface area contributed by atoms with Gasteiger partial charge in [0.25, 0.3) is 5.22 Å². The van der Waals surface area contributed by atoms with Crippen LogP contribution in [0.15, 0.2) is 57.5 Å². The number of hydrogen-bond acceptors (Lipinski definition) is 8. The molecule has 4 aromatic rings. The monoisotopic (exact) mass is 467 g/mol. The number of carbonyl (C=O) groups is 2. The third kappa shape index (κ3) is 5.00. The largest absolute Gasteiger partial charge is 0.459 e. The van der Waals surface area contributed by atoms with Crippen LogP contribution >= 0.6 is 23.1 Å². The summed E-state index contributed by atoms with van der Waals surface area (Å²) in [5, 5.41) is 2.74. The Morgan fingerprint density at radius 3 is 2.69 bits per heavy atom. The van der Waals surface area contributed by atoms with Gasteiger partial charge in [-0.1, -0.05) is 30.0 Å². The van der Waals surface area contributed by atoms with E-state index in [1.54, 1.807) is 10.3 Å². The Balaban J connectivity index is 1.36. The highest BCUT2D eigenvalue weighted by Crippen LogP contribution is 2.30. The molecule has 2 aromatic heterocycles. The number of rotatable bonds is 7. The van der Waals surface area contributed by atoms with Crippen molar-refractivity contribution in [1.29, 1.82) is 0 Å². The summed E-state index contributed by atoms with van der Waals surface area (Å²) in [4.78, 5) is 34.8. The number of thioether (sulfide) groups is 1. The van der Waals surface area contributed by atoms with Crippen LogP contribution in [0, 0.1) is 13.8 Å². The highest BCUT2D eigenvalue weighted by atomic mass is 32.2. The maximum absolute atomic E-state index is 12.3. The Morgan fingerprint density at radius 2 is 1.94 bits per heavy atom. The number of anilines is 2. The molecule has 0 spiro atoms. The zero-order valence-electron chi connectivity index (χ0n) is 17.8. The van der Waals surface area contributed by atoms with Crippen molar-refractivity contribution < 1.29 is 18.7 Å². The molecule has 0 atom stereocenters. The van der Waals surface area contributed by atoms with Crippen LogP contribution < -0.4 is 4.90 Å². The second kappa shape index (κ2) is 9.54. The Labute approximate surface area is 193 Å². The van der Waals surface area contributed by atoms with Gasteiger partial charge < -0.3 is 9.15 Å². The number of oxazole rings is 1. The van der Waals surface area contributed by atoms with Crippen LogP contribution in [0.4, 0.5) is 10.8 Å². The molecule has 0 radical (unpaired) electrons. The first kappa shape index (κ1) is 22.0. The van der Waals surface area contributed by atoms with Crippen LogP contribution in [0.3, 0.4) is 0 Å². The van der Waals surface area contributed by atoms with Crippen molar-refractivity contribution >= 4 is 56.9 Å². The number of esters is 1. The number of fused-ring (bicyclic) bond motifs is 1. The van der Waals surface area contributed by atoms with E-state index in [0.717, 1.165) is 22.3 Å². The number of hydrogen-bond donors (Lipinski definition) is 0. The van der Waals surface area contributed by atoms with Gasteiger partial charge in [-0.25, -0.2) is 9.97 Å². The molecule has 0 saturated carbocycles. The van der Waals surface area contributed by atoms with Gasteiger partial charge in [0.1, 0.15) is 17.9 Å². The van der Waals surface area contributed by atoms with Crippen LogP contribution in [0.1, 0.15) is 23.7 Å². The van der Waals surface area contributed by atoms with Gasteiger partial charge in [-0.3, -0.25) is 14.5 Å². The number of nitrogens with zero attached hydrogens (tertiary/aromatic N) is 3. The summed E-state index contributed by atoms with van der Waals surface area (Å²) in [7, 11) is 0. The zero-order chi connectivity index (χ0) is 22.7. The minimum atomic E-state index is -0.399. The summed E-state index contributed by atoms with van der Waals surface area (Å²) in [5.74, 6) is -0.461. The highest BCUT2D eigenvalue weighted by Gasteiger charge is 2.19. The number of para-hydroxylation sites is 2. The molecule has 0 N–H and O–H groups in total. The fourth-order valence-corrected chi connectivity index (χ4v) is 4.49. The van der Waals surface area contributed by atoms with Crippen LogP contribution in [0.5, 0.6) is 0 Å². The van der Waals surface area contributed by atoms with E-state index in [2.05, 4.69) is 9.97 Å². The molecule has 0 aliphatic carbocycles. The molecule has 1 amide bonds. The minimum Gasteiger partial charge on any atom is -0.459 e. The van der Waals surface area contributed by atoms with E-state index in [-0.39, 0.29) is 18.3 Å². The SMILES string of the molecule is CC(=O)N(c1ccc(C)c(C)c1)c1nc(COC(=O)CSc2nc3ccccc3o2)cs1. The molecule has 9 heteroatoms. The molecule has 2 aromatic carbocycles. The van der Waals surface area contributed by atoms with Gasteiger partial charge >= 0.3 is 5.97 Å². The topological polar surface area (TPSA) is 85.5 Å². The first-order valence-corrected chi connectivity index (χ1v) is 11.7. The molecule has 0 saturated heterocycles. The lowest BCUT2D eigenvalue weighted by Crippen LogP contribution is -2.22. The molecule has 32 heavy (non-hydrogen) atoms. The Bertz CT molecular complexity index is 1250. The fraction of sp³-hybridized carbons (Fsp3) is 0.217. The van der Waals surface area contributed by atoms with Crippen molar-refractivity contribution in [2.24, 2.45) is 0 Å². The molecular weight excluding hydrogens is 446 g/mol. The van der Waals surface area contributed by atoms with E-state index in [9.17, 15) is 9.59 Å². The van der Waals surface area contributed by atoms with Crippen LogP contribution in [0.2, 0.25) is 0 Å². The summed E-state index contributed by atoms with van der Waals surface area (Å²) in [5.41, 5.74) is 5.01. The number of aryl methyl sites for hydroxylation is 2. The van der Waals surface area contributed by atoms with Gasteiger partial charge in [0, 0.05) is 12.3 Å². The quantitative estimate of drug-likeness (QED) is 0.265. The summed E-state index contributed by atoms with van der Waals surface area (Å²) >= 11 is 2.51. The number of amides is 1. The standard InChI is InChI=1S/C23H21N3O4S2/c1-14-8-9-18(10-15(14)2)26(16(3)27)22-24-17(12-31-22)11-29-21(28)13-32-23-25-19-6-4-5-7-20(19)30-23/h4-10,12H,11,13H2,1-3H3. The van der Waals surface area contributed by atoms with Gasteiger partial charge in [0.15, 0.2) is 10.7 Å². The van der Waals surface area contributed by atoms with Crippen LogP contribution in [-0.2, 0) is 20.9 Å². The molecular formula is C23H21N3O4S2. The van der Waals surface area contributed by atoms with Gasteiger partial charge in [-0.2, -0.15) is 0 Å². The van der Waals surface area contributed by atoms with E-state index in [4.69, 9.17) is 9.15 Å². The molecule has 0 unspecified atom stereocenters. The predicted octanol–water partition coefficient (Wildman–Crippen LogP) is 5.42. The second-order valence-corrected chi connectivity index (χ2v) is 8.90. The van der Waals surface area contributed by atoms with Crippen molar-refractivity contribution in [3.8, 4) is 0 Å². The Kier molecular flexibility index (Phi) is 6.57. The van der Waals surface area contributed by atoms with Crippen molar-refractivity contribution in [3.63, 3.8) is 0 Å². The predicted molar refractivity (Wildman–Crippen MR) is 125 cm³/mol. The van der Waals surface area contributed by atoms with Crippen molar-refractivity contribution in [2.45, 2.75) is 32.6 Å². The second-order valence-electron chi connectivity index (χ2n) is 7.14. The van der Waals surface area contributed by atoms with E-state index in [1.165, 1.54) is 30.0 Å². The molecule has 2 heterocycles. The third-order valence-corrected chi connectivity index (χ3v) is 6.44. The van der Waals surface area contributed by atoms with Crippen molar-refractivity contribution in [3.05, 3.63) is 64.7 Å². The van der Waals surface area contributed by atoms with E-state index < -0.39 is 5.97 Å². The van der Waals surface area contributed by atoms with Gasteiger partial charge in [0.05, 0.1) is 11.4 Å². The van der Waals surface area contributed by atoms with Crippen molar-refractivity contribution in [2.75, 3.05) is 10.7 Å². The zero-order valence-corrected chi connectivity index (χ0v) is 19.5. The first-order valence-electron chi connectivity index (χ1n) is 9.87. The summed E-state index contributed by atoms with van der Waals surface area (Å²) in [6.07, 6.45) is 0.